The van der Waals surface area contributed by atoms with E-state index in [1.54, 1.807) is 7.11 Å². The Morgan fingerprint density at radius 2 is 1.68 bits per heavy atom. The number of nitrogens with one attached hydrogen (secondary N) is 1. The first-order chi connectivity index (χ1) is 17.0. The Bertz CT molecular complexity index is 1310. The summed E-state index contributed by atoms with van der Waals surface area (Å²) in [6, 6.07) is 6.23. The number of benzene rings is 1. The summed E-state index contributed by atoms with van der Waals surface area (Å²) < 4.78 is 7.98. The van der Waals surface area contributed by atoms with Crippen LogP contribution in [0.25, 0.3) is 17.0 Å². The largest absolute Gasteiger partial charge is 0.496 e. The highest BCUT2D eigenvalue weighted by Crippen LogP contribution is 2.48. The van der Waals surface area contributed by atoms with Gasteiger partial charge in [0.05, 0.1) is 19.1 Å². The maximum absolute atomic E-state index is 13.1. The molecule has 2 aromatic heterocycles. The number of carbonyl (C=O) groups excluding carboxylic acids is 1. The number of imidazole rings is 1. The third-order valence-electron chi connectivity index (χ3n) is 7.44. The molecule has 0 aliphatic heterocycles. The van der Waals surface area contributed by atoms with Crippen molar-refractivity contribution < 1.29 is 14.1 Å². The Morgan fingerprint density at radius 3 is 2.27 bits per heavy atom. The summed E-state index contributed by atoms with van der Waals surface area (Å²) in [6.45, 7) is 21.8. The van der Waals surface area contributed by atoms with Crippen LogP contribution in [0, 0.1) is 12.3 Å². The van der Waals surface area contributed by atoms with E-state index in [2.05, 4.69) is 63.2 Å². The third kappa shape index (κ3) is 5.18. The molecule has 5 nitrogen and oxygen atoms in total. The first-order valence-corrected chi connectivity index (χ1v) is 15.3. The third-order valence-corrected chi connectivity index (χ3v) is 10.6. The smallest absolute Gasteiger partial charge is 0.402 e. The van der Waals surface area contributed by atoms with Crippen LogP contribution in [0.1, 0.15) is 91.1 Å². The van der Waals surface area contributed by atoms with Crippen molar-refractivity contribution in [3.63, 3.8) is 0 Å². The van der Waals surface area contributed by atoms with Crippen LogP contribution in [-0.2, 0) is 21.4 Å². The molecule has 1 N–H and O–H groups in total. The molecule has 0 saturated heterocycles. The highest BCUT2D eigenvalue weighted by molar-refractivity contribution is 8.76. The summed E-state index contributed by atoms with van der Waals surface area (Å²) in [7, 11) is 5.55. The zero-order valence-electron chi connectivity index (χ0n) is 24.3. The van der Waals surface area contributed by atoms with E-state index in [0.29, 0.717) is 0 Å². The number of nitrogens with zero attached hydrogens (tertiary/aromatic N) is 2. The van der Waals surface area contributed by atoms with Crippen LogP contribution in [0.2, 0.25) is 0 Å². The number of pyridine rings is 1. The van der Waals surface area contributed by atoms with E-state index >= 15 is 0 Å². The number of hydrogen-bond acceptors (Lipinski definition) is 5. The van der Waals surface area contributed by atoms with Crippen molar-refractivity contribution in [3.05, 3.63) is 46.8 Å². The summed E-state index contributed by atoms with van der Waals surface area (Å²) in [5, 5.41) is 0. The molecule has 0 atom stereocenters. The second-order valence-electron chi connectivity index (χ2n) is 13.2. The summed E-state index contributed by atoms with van der Waals surface area (Å²) in [4.78, 5) is 21.7. The van der Waals surface area contributed by atoms with Gasteiger partial charge >= 0.3 is 5.95 Å². The van der Waals surface area contributed by atoms with Crippen LogP contribution in [0.5, 0.6) is 5.75 Å². The van der Waals surface area contributed by atoms with Gasteiger partial charge in [0.25, 0.3) is 0 Å². The number of H-pyrrole nitrogens is 1. The number of aromatic nitrogens is 3. The van der Waals surface area contributed by atoms with Crippen molar-refractivity contribution in [3.8, 4) is 11.7 Å². The van der Waals surface area contributed by atoms with Gasteiger partial charge in [0.2, 0.25) is 0 Å². The molecule has 1 aliphatic carbocycles. The molecule has 0 fully saturated rings. The normalized spacial score (nSPS) is 16.9. The fourth-order valence-corrected chi connectivity index (χ4v) is 9.03. The lowest BCUT2D eigenvalue weighted by Gasteiger charge is -2.31. The van der Waals surface area contributed by atoms with Gasteiger partial charge in [0, 0.05) is 27.2 Å². The Balaban J connectivity index is 1.72. The van der Waals surface area contributed by atoms with Gasteiger partial charge in [-0.2, -0.15) is 0 Å². The Labute approximate surface area is 230 Å². The van der Waals surface area contributed by atoms with Gasteiger partial charge in [0.15, 0.2) is 11.3 Å². The average molecular weight is 541 g/mol. The number of hydrogen-bond donors (Lipinski definition) is 1. The van der Waals surface area contributed by atoms with Crippen molar-refractivity contribution >= 4 is 38.4 Å². The molecule has 0 bridgehead atoms. The molecule has 0 unspecified atom stereocenters. The molecule has 3 aromatic rings. The maximum atomic E-state index is 13.1. The summed E-state index contributed by atoms with van der Waals surface area (Å²) in [6.07, 6.45) is 3.17. The molecule has 0 amide bonds. The van der Waals surface area contributed by atoms with E-state index in [9.17, 15) is 4.79 Å². The number of carbonyl (C=O) groups is 1. The maximum Gasteiger partial charge on any atom is 0.402 e. The zero-order chi connectivity index (χ0) is 27.6. The summed E-state index contributed by atoms with van der Waals surface area (Å²) in [5.74, 6) is 2.74. The molecule has 2 heterocycles. The molecule has 1 aliphatic rings. The topological polar surface area (TPSA) is 58.9 Å². The molecule has 0 saturated carbocycles. The SMILES string of the molecule is COc1cc[n+](-c2nc3cc4c(cc3[nH]2)C(C)(C)C(=O)C4(C)C)c(CSSC(C)(C)CC(C)(C)C)c1C. The first-order valence-electron chi connectivity index (χ1n) is 13.0. The van der Waals surface area contributed by atoms with Crippen molar-refractivity contribution in [2.45, 2.75) is 97.0 Å². The van der Waals surface area contributed by atoms with Crippen LogP contribution in [-0.4, -0.2) is 27.6 Å². The number of ether oxygens (including phenoxy) is 1. The highest BCUT2D eigenvalue weighted by Gasteiger charge is 2.51. The van der Waals surface area contributed by atoms with Gasteiger partial charge in [-0.05, 0) is 83.6 Å². The molecule has 1 aromatic carbocycles. The second kappa shape index (κ2) is 9.33. The number of rotatable bonds is 7. The van der Waals surface area contributed by atoms with Crippen LogP contribution in [0.15, 0.2) is 24.4 Å². The van der Waals surface area contributed by atoms with Gasteiger partial charge in [-0.15, -0.1) is 0 Å². The molecule has 37 heavy (non-hydrogen) atoms. The number of aromatic amines is 1. The minimum atomic E-state index is -0.519. The summed E-state index contributed by atoms with van der Waals surface area (Å²) >= 11 is 0. The van der Waals surface area contributed by atoms with Crippen LogP contribution >= 0.6 is 21.6 Å². The van der Waals surface area contributed by atoms with Gasteiger partial charge < -0.3 is 4.74 Å². The Kier molecular flexibility index (Phi) is 7.07. The van der Waals surface area contributed by atoms with Crippen molar-refractivity contribution in [1.29, 1.82) is 0 Å². The predicted octanol–water partition coefficient (Wildman–Crippen LogP) is 7.39. The van der Waals surface area contributed by atoms with Gasteiger partial charge in [-0.25, -0.2) is 9.55 Å². The zero-order valence-corrected chi connectivity index (χ0v) is 25.9. The monoisotopic (exact) mass is 540 g/mol. The van der Waals surface area contributed by atoms with Crippen molar-refractivity contribution in [1.82, 2.24) is 9.97 Å². The molecular weight excluding hydrogens is 498 g/mol. The van der Waals surface area contributed by atoms with Crippen LogP contribution in [0.4, 0.5) is 0 Å². The van der Waals surface area contributed by atoms with E-state index in [1.807, 2.05) is 61.5 Å². The molecule has 0 spiro atoms. The molecular formula is C30H42N3O2S2+. The fraction of sp³-hybridized carbons (Fsp3) is 0.567. The van der Waals surface area contributed by atoms with Gasteiger partial charge in [0.1, 0.15) is 17.0 Å². The quantitative estimate of drug-likeness (QED) is 0.250. The molecule has 200 valence electrons. The minimum Gasteiger partial charge on any atom is -0.496 e. The lowest BCUT2D eigenvalue weighted by Crippen LogP contribution is -2.37. The molecule has 4 rings (SSSR count). The summed E-state index contributed by atoms with van der Waals surface area (Å²) in [5.41, 5.74) is 5.53. The van der Waals surface area contributed by atoms with Gasteiger partial charge in [-0.3, -0.25) is 4.79 Å². The average Bonchev–Trinajstić information content (AvgIpc) is 3.24. The Morgan fingerprint density at radius 1 is 1.05 bits per heavy atom. The fourth-order valence-electron chi connectivity index (χ4n) is 6.05. The lowest BCUT2D eigenvalue weighted by atomic mass is 9.80. The highest BCUT2D eigenvalue weighted by atomic mass is 33.1. The lowest BCUT2D eigenvalue weighted by molar-refractivity contribution is -0.610. The van der Waals surface area contributed by atoms with E-state index in [-0.39, 0.29) is 15.9 Å². The minimum absolute atomic E-state index is 0.164. The van der Waals surface area contributed by atoms with Gasteiger partial charge in [-0.1, -0.05) is 47.3 Å². The van der Waals surface area contributed by atoms with E-state index in [0.717, 1.165) is 57.3 Å². The number of Topliss-reactive ketones (excluding diaryl/α,β-unsaturated/α-hetero) is 1. The number of ketones is 1. The van der Waals surface area contributed by atoms with Crippen LogP contribution < -0.4 is 9.30 Å². The predicted molar refractivity (Wildman–Crippen MR) is 157 cm³/mol. The molecule has 0 radical (unpaired) electrons. The standard InChI is InChI=1S/C30H42N3O2S2/c1-18-23(16-36-37-28(5,6)17-27(2,3)4)33(13-12-24(18)35-11)26-31-21-14-19-20(15-22(21)32-26)30(9,10)25(34)29(19,7)8/h12-15H,16-17H2,1-11H3,(H,31,32)/q+1. The van der Waals surface area contributed by atoms with Crippen LogP contribution in [0.3, 0.4) is 0 Å². The molecule has 7 heteroatoms. The number of fused-ring (bicyclic) bond motifs is 2. The van der Waals surface area contributed by atoms with Crippen molar-refractivity contribution in [2.24, 2.45) is 5.41 Å². The number of methoxy groups -OCH3 is 1. The first kappa shape index (κ1) is 28.0. The van der Waals surface area contributed by atoms with E-state index < -0.39 is 10.8 Å². The van der Waals surface area contributed by atoms with E-state index in [4.69, 9.17) is 9.72 Å². The Hall–Kier alpha value is -1.99. The second-order valence-corrected chi connectivity index (χ2v) is 16.2. The van der Waals surface area contributed by atoms with E-state index in [1.165, 1.54) is 0 Å². The van der Waals surface area contributed by atoms with Crippen molar-refractivity contribution in [2.75, 3.05) is 7.11 Å².